The molecule has 19 heavy (non-hydrogen) atoms. The first kappa shape index (κ1) is 13.2. The number of ether oxygens (including phenoxy) is 1. The number of aryl methyl sites for hydroxylation is 1. The summed E-state index contributed by atoms with van der Waals surface area (Å²) in [5.41, 5.74) is 7.48. The van der Waals surface area contributed by atoms with Gasteiger partial charge in [0.2, 0.25) is 0 Å². The number of benzene rings is 2. The van der Waals surface area contributed by atoms with Gasteiger partial charge in [0.15, 0.2) is 0 Å². The molecule has 0 radical (unpaired) electrons. The Balaban J connectivity index is 1.81. The molecule has 3 N–H and O–H groups in total. The van der Waals surface area contributed by atoms with Gasteiger partial charge >= 0.3 is 0 Å². The number of nitrogens with one attached hydrogen (secondary N) is 1. The van der Waals surface area contributed by atoms with E-state index in [9.17, 15) is 4.39 Å². The van der Waals surface area contributed by atoms with E-state index in [1.807, 2.05) is 31.2 Å². The molecule has 2 aromatic carbocycles. The van der Waals surface area contributed by atoms with E-state index in [0.717, 1.165) is 11.3 Å². The number of nitrogen functional groups attached to an aromatic ring is 1. The molecule has 0 aliphatic carbocycles. The second kappa shape index (κ2) is 6.09. The molecule has 0 aliphatic rings. The highest BCUT2D eigenvalue weighted by Crippen LogP contribution is 2.16. The summed E-state index contributed by atoms with van der Waals surface area (Å²) in [6.07, 6.45) is 0. The smallest absolute Gasteiger partial charge is 0.148 e. The molecule has 0 unspecified atom stereocenters. The minimum absolute atomic E-state index is 0.351. The molecule has 0 bridgehead atoms. The first-order chi connectivity index (χ1) is 9.15. The Bertz CT molecular complexity index is 558. The van der Waals surface area contributed by atoms with Crippen LogP contribution in [0.15, 0.2) is 42.5 Å². The van der Waals surface area contributed by atoms with Crippen molar-refractivity contribution in [1.82, 2.24) is 0 Å². The van der Waals surface area contributed by atoms with E-state index < -0.39 is 0 Å². The third kappa shape index (κ3) is 3.88. The van der Waals surface area contributed by atoms with E-state index >= 15 is 0 Å². The number of hydrogen-bond acceptors (Lipinski definition) is 3. The summed E-state index contributed by atoms with van der Waals surface area (Å²) in [5, 5.41) is 2.97. The van der Waals surface area contributed by atoms with Gasteiger partial charge in [-0.2, -0.15) is 0 Å². The van der Waals surface area contributed by atoms with Gasteiger partial charge in [0.25, 0.3) is 0 Å². The predicted octanol–water partition coefficient (Wildman–Crippen LogP) is 3.21. The number of halogens is 1. The highest BCUT2D eigenvalue weighted by molar-refractivity contribution is 5.52. The summed E-state index contributed by atoms with van der Waals surface area (Å²) in [6.45, 7) is 3.00. The predicted molar refractivity (Wildman–Crippen MR) is 76.0 cm³/mol. The highest BCUT2D eigenvalue weighted by Gasteiger charge is 2.01. The zero-order valence-electron chi connectivity index (χ0n) is 10.8. The molecule has 0 fully saturated rings. The van der Waals surface area contributed by atoms with Crippen molar-refractivity contribution in [3.05, 3.63) is 53.8 Å². The van der Waals surface area contributed by atoms with Crippen molar-refractivity contribution in [2.75, 3.05) is 24.2 Å². The Morgan fingerprint density at radius 3 is 2.79 bits per heavy atom. The maximum atomic E-state index is 13.5. The van der Waals surface area contributed by atoms with Gasteiger partial charge < -0.3 is 15.8 Å². The minimum atomic E-state index is -0.351. The van der Waals surface area contributed by atoms with Crippen LogP contribution < -0.4 is 15.8 Å². The van der Waals surface area contributed by atoms with Crippen LogP contribution in [0.2, 0.25) is 0 Å². The maximum absolute atomic E-state index is 13.5. The standard InChI is InChI=1S/C15H17FN2O/c1-11-3-2-4-13(9-11)19-8-7-18-15-6-5-12(17)10-14(15)16/h2-6,9-10,18H,7-8,17H2,1H3. The summed E-state index contributed by atoms with van der Waals surface area (Å²) in [7, 11) is 0. The van der Waals surface area contributed by atoms with E-state index in [2.05, 4.69) is 5.32 Å². The number of rotatable bonds is 5. The normalized spacial score (nSPS) is 10.2. The zero-order valence-corrected chi connectivity index (χ0v) is 10.8. The molecule has 0 heterocycles. The molecule has 100 valence electrons. The molecule has 0 aliphatic heterocycles. The van der Waals surface area contributed by atoms with Crippen LogP contribution in [0.25, 0.3) is 0 Å². The van der Waals surface area contributed by atoms with Crippen LogP contribution >= 0.6 is 0 Å². The van der Waals surface area contributed by atoms with Crippen molar-refractivity contribution < 1.29 is 9.13 Å². The van der Waals surface area contributed by atoms with Crippen LogP contribution in [0.1, 0.15) is 5.56 Å². The lowest BCUT2D eigenvalue weighted by Crippen LogP contribution is -2.12. The fourth-order valence-electron chi connectivity index (χ4n) is 1.73. The monoisotopic (exact) mass is 260 g/mol. The van der Waals surface area contributed by atoms with Crippen molar-refractivity contribution in [2.45, 2.75) is 6.92 Å². The average molecular weight is 260 g/mol. The number of hydrogen-bond donors (Lipinski definition) is 2. The van der Waals surface area contributed by atoms with E-state index in [1.54, 1.807) is 12.1 Å². The van der Waals surface area contributed by atoms with Gasteiger partial charge in [-0.25, -0.2) is 4.39 Å². The molecule has 2 aromatic rings. The van der Waals surface area contributed by atoms with Crippen molar-refractivity contribution in [1.29, 1.82) is 0 Å². The van der Waals surface area contributed by atoms with E-state index in [0.29, 0.717) is 24.5 Å². The SMILES string of the molecule is Cc1cccc(OCCNc2ccc(N)cc2F)c1. The summed E-state index contributed by atoms with van der Waals surface area (Å²) in [5.74, 6) is 0.468. The van der Waals surface area contributed by atoms with E-state index in [1.165, 1.54) is 6.07 Å². The second-order valence-corrected chi connectivity index (χ2v) is 4.33. The topological polar surface area (TPSA) is 47.3 Å². The molecule has 3 nitrogen and oxygen atoms in total. The summed E-state index contributed by atoms with van der Waals surface area (Å²) in [6, 6.07) is 12.4. The van der Waals surface area contributed by atoms with Gasteiger partial charge in [0.05, 0.1) is 5.69 Å². The summed E-state index contributed by atoms with van der Waals surface area (Å²) in [4.78, 5) is 0. The fourth-order valence-corrected chi connectivity index (χ4v) is 1.73. The molecule has 0 saturated heterocycles. The Hall–Kier alpha value is -2.23. The van der Waals surface area contributed by atoms with Gasteiger partial charge in [0, 0.05) is 12.2 Å². The lowest BCUT2D eigenvalue weighted by molar-refractivity contribution is 0.332. The Morgan fingerprint density at radius 2 is 2.05 bits per heavy atom. The van der Waals surface area contributed by atoms with Crippen LogP contribution in [0.4, 0.5) is 15.8 Å². The summed E-state index contributed by atoms with van der Waals surface area (Å²) < 4.78 is 19.0. The molecular weight excluding hydrogens is 243 g/mol. The van der Waals surface area contributed by atoms with Crippen molar-refractivity contribution >= 4 is 11.4 Å². The molecule has 0 saturated carbocycles. The zero-order chi connectivity index (χ0) is 13.7. The molecule has 0 amide bonds. The van der Waals surface area contributed by atoms with Crippen LogP contribution in [-0.2, 0) is 0 Å². The Labute approximate surface area is 112 Å². The van der Waals surface area contributed by atoms with Gasteiger partial charge in [0.1, 0.15) is 18.2 Å². The highest BCUT2D eigenvalue weighted by atomic mass is 19.1. The molecule has 0 aromatic heterocycles. The quantitative estimate of drug-likeness (QED) is 0.641. The fraction of sp³-hybridized carbons (Fsp3) is 0.200. The van der Waals surface area contributed by atoms with Crippen LogP contribution in [-0.4, -0.2) is 13.2 Å². The largest absolute Gasteiger partial charge is 0.492 e. The molecule has 4 heteroatoms. The molecule has 0 spiro atoms. The number of anilines is 2. The average Bonchev–Trinajstić information content (AvgIpc) is 2.37. The van der Waals surface area contributed by atoms with Gasteiger partial charge in [-0.1, -0.05) is 12.1 Å². The summed E-state index contributed by atoms with van der Waals surface area (Å²) >= 11 is 0. The van der Waals surface area contributed by atoms with Gasteiger partial charge in [-0.3, -0.25) is 0 Å². The van der Waals surface area contributed by atoms with E-state index in [4.69, 9.17) is 10.5 Å². The third-order valence-corrected chi connectivity index (χ3v) is 2.67. The van der Waals surface area contributed by atoms with Gasteiger partial charge in [-0.15, -0.1) is 0 Å². The first-order valence-corrected chi connectivity index (χ1v) is 6.13. The van der Waals surface area contributed by atoms with Crippen LogP contribution in [0.5, 0.6) is 5.75 Å². The minimum Gasteiger partial charge on any atom is -0.492 e. The Morgan fingerprint density at radius 1 is 1.21 bits per heavy atom. The molecular formula is C15H17FN2O. The van der Waals surface area contributed by atoms with E-state index in [-0.39, 0.29) is 5.82 Å². The third-order valence-electron chi connectivity index (χ3n) is 2.67. The second-order valence-electron chi connectivity index (χ2n) is 4.33. The lowest BCUT2D eigenvalue weighted by atomic mass is 10.2. The van der Waals surface area contributed by atoms with Gasteiger partial charge in [-0.05, 0) is 42.8 Å². The maximum Gasteiger partial charge on any atom is 0.148 e. The Kier molecular flexibility index (Phi) is 4.23. The van der Waals surface area contributed by atoms with Crippen molar-refractivity contribution in [3.8, 4) is 5.75 Å². The first-order valence-electron chi connectivity index (χ1n) is 6.13. The van der Waals surface area contributed by atoms with Crippen LogP contribution in [0, 0.1) is 12.7 Å². The number of nitrogens with two attached hydrogens (primary N) is 1. The van der Waals surface area contributed by atoms with Crippen LogP contribution in [0.3, 0.4) is 0 Å². The van der Waals surface area contributed by atoms with Crippen molar-refractivity contribution in [2.24, 2.45) is 0 Å². The molecule has 2 rings (SSSR count). The lowest BCUT2D eigenvalue weighted by Gasteiger charge is -2.10. The molecule has 0 atom stereocenters. The van der Waals surface area contributed by atoms with Crippen molar-refractivity contribution in [3.63, 3.8) is 0 Å².